The van der Waals surface area contributed by atoms with Gasteiger partial charge in [0.05, 0.1) is 6.42 Å². The van der Waals surface area contributed by atoms with E-state index in [1.807, 2.05) is 6.08 Å². The normalized spacial score (nSPS) is 12.1. The van der Waals surface area contributed by atoms with Gasteiger partial charge in [-0.05, 0) is 18.8 Å². The van der Waals surface area contributed by atoms with E-state index in [-0.39, 0.29) is 6.42 Å². The number of carboxylic acid groups (broad SMARTS) is 1. The molecular weight excluding hydrogens is 152 g/mol. The predicted molar refractivity (Wildman–Crippen MR) is 50.0 cm³/mol. The van der Waals surface area contributed by atoms with Crippen molar-refractivity contribution < 1.29 is 9.90 Å². The number of carbonyl (C=O) groups is 1. The molecule has 68 valence electrons. The van der Waals surface area contributed by atoms with Gasteiger partial charge in [0, 0.05) is 0 Å². The minimum Gasteiger partial charge on any atom is -0.481 e. The first-order valence-electron chi connectivity index (χ1n) is 4.05. The standard InChI is InChI=1S/C10H16O2/c1-4-5-8(2)6-9(3)7-10(11)12/h4,8H,1,3,5-7H2,2H3,(H,11,12). The van der Waals surface area contributed by atoms with Gasteiger partial charge in [-0.25, -0.2) is 0 Å². The van der Waals surface area contributed by atoms with E-state index in [4.69, 9.17) is 5.11 Å². The van der Waals surface area contributed by atoms with Gasteiger partial charge in [-0.15, -0.1) is 6.58 Å². The van der Waals surface area contributed by atoms with E-state index in [2.05, 4.69) is 20.1 Å². The van der Waals surface area contributed by atoms with Gasteiger partial charge in [0.25, 0.3) is 0 Å². The third kappa shape index (κ3) is 5.71. The number of hydrogen-bond acceptors (Lipinski definition) is 1. The van der Waals surface area contributed by atoms with Gasteiger partial charge in [-0.3, -0.25) is 4.79 Å². The molecule has 0 saturated carbocycles. The Morgan fingerprint density at radius 2 is 2.25 bits per heavy atom. The van der Waals surface area contributed by atoms with Crippen molar-refractivity contribution >= 4 is 5.97 Å². The highest BCUT2D eigenvalue weighted by molar-refractivity contribution is 5.69. The van der Waals surface area contributed by atoms with E-state index in [1.54, 1.807) is 0 Å². The third-order valence-electron chi connectivity index (χ3n) is 1.61. The second-order valence-corrected chi connectivity index (χ2v) is 3.15. The molecule has 1 N–H and O–H groups in total. The molecule has 0 rings (SSSR count). The van der Waals surface area contributed by atoms with Crippen LogP contribution in [0.1, 0.15) is 26.2 Å². The molecule has 0 fully saturated rings. The van der Waals surface area contributed by atoms with Crippen molar-refractivity contribution in [1.82, 2.24) is 0 Å². The Hall–Kier alpha value is -1.05. The topological polar surface area (TPSA) is 37.3 Å². The fraction of sp³-hybridized carbons (Fsp3) is 0.500. The van der Waals surface area contributed by atoms with Crippen LogP contribution in [0.3, 0.4) is 0 Å². The molecule has 0 aromatic rings. The highest BCUT2D eigenvalue weighted by Crippen LogP contribution is 2.15. The van der Waals surface area contributed by atoms with Crippen LogP contribution in [-0.4, -0.2) is 11.1 Å². The summed E-state index contributed by atoms with van der Waals surface area (Å²) in [4.78, 5) is 10.3. The Labute approximate surface area is 73.6 Å². The van der Waals surface area contributed by atoms with Crippen LogP contribution >= 0.6 is 0 Å². The zero-order valence-electron chi connectivity index (χ0n) is 7.55. The number of allylic oxidation sites excluding steroid dienone is 1. The van der Waals surface area contributed by atoms with Crippen molar-refractivity contribution in [2.45, 2.75) is 26.2 Å². The summed E-state index contributed by atoms with van der Waals surface area (Å²) in [6.45, 7) is 9.39. The minimum absolute atomic E-state index is 0.0848. The zero-order valence-corrected chi connectivity index (χ0v) is 7.55. The average Bonchev–Trinajstić information content (AvgIpc) is 1.84. The molecule has 12 heavy (non-hydrogen) atoms. The van der Waals surface area contributed by atoms with Crippen LogP contribution in [0, 0.1) is 5.92 Å². The third-order valence-corrected chi connectivity index (χ3v) is 1.61. The number of hydrogen-bond donors (Lipinski definition) is 1. The first-order chi connectivity index (χ1) is 5.56. The van der Waals surface area contributed by atoms with Gasteiger partial charge < -0.3 is 5.11 Å². The average molecular weight is 168 g/mol. The molecule has 0 aliphatic rings. The molecule has 0 bridgehead atoms. The smallest absolute Gasteiger partial charge is 0.307 e. The molecule has 0 aliphatic heterocycles. The summed E-state index contributed by atoms with van der Waals surface area (Å²) in [5, 5.41) is 8.45. The lowest BCUT2D eigenvalue weighted by molar-refractivity contribution is -0.136. The Morgan fingerprint density at radius 3 is 2.67 bits per heavy atom. The Kier molecular flexibility index (Phi) is 5.09. The van der Waals surface area contributed by atoms with Gasteiger partial charge in [0.15, 0.2) is 0 Å². The molecule has 1 unspecified atom stereocenters. The molecule has 0 amide bonds. The first-order valence-corrected chi connectivity index (χ1v) is 4.05. The van der Waals surface area contributed by atoms with Gasteiger partial charge in [0.1, 0.15) is 0 Å². The molecule has 0 spiro atoms. The molecule has 1 atom stereocenters. The van der Waals surface area contributed by atoms with Crippen molar-refractivity contribution in [3.05, 3.63) is 24.8 Å². The van der Waals surface area contributed by atoms with Crippen LogP contribution in [0.25, 0.3) is 0 Å². The number of carboxylic acids is 1. The summed E-state index contributed by atoms with van der Waals surface area (Å²) in [7, 11) is 0. The second-order valence-electron chi connectivity index (χ2n) is 3.15. The van der Waals surface area contributed by atoms with Crippen LogP contribution in [0.4, 0.5) is 0 Å². The van der Waals surface area contributed by atoms with Crippen LogP contribution < -0.4 is 0 Å². The van der Waals surface area contributed by atoms with Crippen molar-refractivity contribution in [2.75, 3.05) is 0 Å². The Balaban J connectivity index is 3.68. The van der Waals surface area contributed by atoms with E-state index in [0.29, 0.717) is 5.92 Å². The van der Waals surface area contributed by atoms with Gasteiger partial charge >= 0.3 is 5.97 Å². The van der Waals surface area contributed by atoms with Crippen molar-refractivity contribution in [3.8, 4) is 0 Å². The van der Waals surface area contributed by atoms with Crippen LogP contribution in [0.15, 0.2) is 24.8 Å². The molecule has 0 saturated heterocycles. The molecular formula is C10H16O2. The van der Waals surface area contributed by atoms with Crippen LogP contribution in [-0.2, 0) is 4.79 Å². The lowest BCUT2D eigenvalue weighted by Crippen LogP contribution is -2.00. The lowest BCUT2D eigenvalue weighted by Gasteiger charge is -2.08. The first kappa shape index (κ1) is 11.0. The molecule has 2 nitrogen and oxygen atoms in total. The molecule has 0 radical (unpaired) electrons. The van der Waals surface area contributed by atoms with Crippen molar-refractivity contribution in [3.63, 3.8) is 0 Å². The summed E-state index contributed by atoms with van der Waals surface area (Å²) < 4.78 is 0. The SMILES string of the molecule is C=CCC(C)CC(=C)CC(=O)O. The zero-order chi connectivity index (χ0) is 9.56. The fourth-order valence-electron chi connectivity index (χ4n) is 1.15. The maximum atomic E-state index is 10.3. The van der Waals surface area contributed by atoms with Gasteiger partial charge in [0.2, 0.25) is 0 Å². The van der Waals surface area contributed by atoms with Gasteiger partial charge in [-0.1, -0.05) is 25.2 Å². The van der Waals surface area contributed by atoms with Crippen LogP contribution in [0.5, 0.6) is 0 Å². The van der Waals surface area contributed by atoms with E-state index >= 15 is 0 Å². The fourth-order valence-corrected chi connectivity index (χ4v) is 1.15. The maximum absolute atomic E-state index is 10.3. The van der Waals surface area contributed by atoms with Gasteiger partial charge in [-0.2, -0.15) is 0 Å². The maximum Gasteiger partial charge on any atom is 0.307 e. The monoisotopic (exact) mass is 168 g/mol. The molecule has 0 heterocycles. The van der Waals surface area contributed by atoms with E-state index < -0.39 is 5.97 Å². The summed E-state index contributed by atoms with van der Waals surface area (Å²) in [6.07, 6.45) is 3.62. The molecule has 0 aliphatic carbocycles. The predicted octanol–water partition coefficient (Wildman–Crippen LogP) is 2.62. The summed E-state index contributed by atoms with van der Waals surface area (Å²) >= 11 is 0. The highest BCUT2D eigenvalue weighted by atomic mass is 16.4. The Bertz CT molecular complexity index is 182. The number of rotatable bonds is 6. The molecule has 2 heteroatoms. The second kappa shape index (κ2) is 5.58. The minimum atomic E-state index is -0.800. The highest BCUT2D eigenvalue weighted by Gasteiger charge is 2.05. The molecule has 0 aromatic carbocycles. The van der Waals surface area contributed by atoms with E-state index in [9.17, 15) is 4.79 Å². The van der Waals surface area contributed by atoms with E-state index in [0.717, 1.165) is 18.4 Å². The summed E-state index contributed by atoms with van der Waals surface area (Å²) in [5.74, 6) is -0.347. The number of aliphatic carboxylic acids is 1. The quantitative estimate of drug-likeness (QED) is 0.619. The van der Waals surface area contributed by atoms with Crippen molar-refractivity contribution in [1.29, 1.82) is 0 Å². The summed E-state index contributed by atoms with van der Waals surface area (Å²) in [6, 6.07) is 0. The van der Waals surface area contributed by atoms with Crippen molar-refractivity contribution in [2.24, 2.45) is 5.92 Å². The Morgan fingerprint density at radius 1 is 1.67 bits per heavy atom. The molecule has 0 aromatic heterocycles. The summed E-state index contributed by atoms with van der Waals surface area (Å²) in [5.41, 5.74) is 0.789. The van der Waals surface area contributed by atoms with Crippen LogP contribution in [0.2, 0.25) is 0 Å². The van der Waals surface area contributed by atoms with E-state index in [1.165, 1.54) is 0 Å². The largest absolute Gasteiger partial charge is 0.481 e. The lowest BCUT2D eigenvalue weighted by atomic mass is 9.97.